The summed E-state index contributed by atoms with van der Waals surface area (Å²) in [5.74, 6) is 0.767. The van der Waals surface area contributed by atoms with Gasteiger partial charge in [-0.1, -0.05) is 29.8 Å². The summed E-state index contributed by atoms with van der Waals surface area (Å²) in [6, 6.07) is 13.5. The number of piperidine rings is 1. The normalized spacial score (nSPS) is 18.0. The number of carbonyl (C=O) groups excluding carboxylic acids is 1. The molecule has 4 nitrogen and oxygen atoms in total. The Morgan fingerprint density at radius 1 is 1.22 bits per heavy atom. The van der Waals surface area contributed by atoms with Crippen molar-refractivity contribution in [2.24, 2.45) is 0 Å². The second kappa shape index (κ2) is 7.13. The number of benzene rings is 2. The second-order valence-electron chi connectivity index (χ2n) is 7.27. The summed E-state index contributed by atoms with van der Waals surface area (Å²) in [7, 11) is 0. The number of hydrogen-bond donors (Lipinski definition) is 1. The summed E-state index contributed by atoms with van der Waals surface area (Å²) >= 11 is 11.7. The van der Waals surface area contributed by atoms with Gasteiger partial charge in [-0.25, -0.2) is 0 Å². The molecule has 2 aromatic rings. The molecule has 140 valence electrons. The third-order valence-electron chi connectivity index (χ3n) is 5.36. The van der Waals surface area contributed by atoms with Crippen molar-refractivity contribution in [1.82, 2.24) is 4.90 Å². The quantitative estimate of drug-likeness (QED) is 0.693. The van der Waals surface area contributed by atoms with Crippen LogP contribution >= 0.6 is 23.8 Å². The van der Waals surface area contributed by atoms with Crippen LogP contribution in [0.25, 0.3) is 0 Å². The molecule has 1 saturated heterocycles. The zero-order valence-electron chi connectivity index (χ0n) is 15.1. The summed E-state index contributed by atoms with van der Waals surface area (Å²) in [5, 5.41) is 4.59. The van der Waals surface area contributed by atoms with E-state index in [1.165, 1.54) is 0 Å². The van der Waals surface area contributed by atoms with Gasteiger partial charge in [0.1, 0.15) is 11.4 Å². The molecule has 6 heteroatoms. The third-order valence-corrected chi connectivity index (χ3v) is 6.12. The van der Waals surface area contributed by atoms with Crippen LogP contribution < -0.4 is 10.1 Å². The van der Waals surface area contributed by atoms with Crippen LogP contribution in [-0.4, -0.2) is 34.5 Å². The molecular formula is C21H21ClN2O2S. The number of hydrogen-bond acceptors (Lipinski definition) is 3. The average Bonchev–Trinajstić information content (AvgIpc) is 2.65. The van der Waals surface area contributed by atoms with E-state index in [2.05, 4.69) is 10.2 Å². The Bertz CT molecular complexity index is 893. The molecule has 1 spiro atoms. The summed E-state index contributed by atoms with van der Waals surface area (Å²) in [5.41, 5.74) is 2.06. The molecule has 2 heterocycles. The highest BCUT2D eigenvalue weighted by molar-refractivity contribution is 7.80. The number of fused-ring (bicyclic) bond motifs is 1. The molecule has 0 aromatic heterocycles. The van der Waals surface area contributed by atoms with Crippen LogP contribution in [0.4, 0.5) is 5.69 Å². The number of para-hydroxylation sites is 1. The van der Waals surface area contributed by atoms with E-state index in [4.69, 9.17) is 28.6 Å². The first kappa shape index (κ1) is 18.3. The summed E-state index contributed by atoms with van der Waals surface area (Å²) in [4.78, 5) is 14.8. The lowest BCUT2D eigenvalue weighted by Crippen LogP contribution is -2.53. The van der Waals surface area contributed by atoms with Gasteiger partial charge in [0.2, 0.25) is 0 Å². The van der Waals surface area contributed by atoms with Crippen molar-refractivity contribution in [2.75, 3.05) is 18.4 Å². The zero-order chi connectivity index (χ0) is 19.0. The fourth-order valence-corrected chi connectivity index (χ4v) is 4.20. The molecule has 4 rings (SSSR count). The van der Waals surface area contributed by atoms with E-state index in [-0.39, 0.29) is 5.78 Å². The van der Waals surface area contributed by atoms with E-state index in [1.807, 2.05) is 43.3 Å². The maximum atomic E-state index is 12.7. The number of ether oxygens (including phenoxy) is 1. The SMILES string of the molecule is Cc1cc2c(cc1Cl)C(=O)CC1(CCN(C(=S)Nc3ccccc3)CC1)O2. The van der Waals surface area contributed by atoms with Crippen LogP contribution in [0, 0.1) is 6.92 Å². The number of aryl methyl sites for hydroxylation is 1. The Morgan fingerprint density at radius 3 is 2.63 bits per heavy atom. The number of anilines is 1. The number of carbonyl (C=O) groups is 1. The number of ketones is 1. The van der Waals surface area contributed by atoms with Gasteiger partial charge in [0, 0.05) is 36.6 Å². The van der Waals surface area contributed by atoms with Crippen molar-refractivity contribution in [3.05, 3.63) is 58.6 Å². The van der Waals surface area contributed by atoms with Crippen LogP contribution in [0.5, 0.6) is 5.75 Å². The molecule has 0 amide bonds. The van der Waals surface area contributed by atoms with Gasteiger partial charge >= 0.3 is 0 Å². The van der Waals surface area contributed by atoms with E-state index >= 15 is 0 Å². The Balaban J connectivity index is 1.45. The Labute approximate surface area is 169 Å². The van der Waals surface area contributed by atoms with E-state index in [9.17, 15) is 4.79 Å². The van der Waals surface area contributed by atoms with Gasteiger partial charge in [0.15, 0.2) is 10.9 Å². The molecule has 2 aliphatic heterocycles. The lowest BCUT2D eigenvalue weighted by Gasteiger charge is -2.44. The van der Waals surface area contributed by atoms with Crippen LogP contribution in [0.2, 0.25) is 5.02 Å². The highest BCUT2D eigenvalue weighted by Crippen LogP contribution is 2.41. The van der Waals surface area contributed by atoms with Gasteiger partial charge in [-0.15, -0.1) is 0 Å². The van der Waals surface area contributed by atoms with Crippen molar-refractivity contribution in [2.45, 2.75) is 31.8 Å². The molecule has 27 heavy (non-hydrogen) atoms. The molecule has 0 atom stereocenters. The first-order valence-corrected chi connectivity index (χ1v) is 9.88. The summed E-state index contributed by atoms with van der Waals surface area (Å²) in [6.45, 7) is 3.44. The Morgan fingerprint density at radius 2 is 1.93 bits per heavy atom. The third kappa shape index (κ3) is 3.66. The Kier molecular flexibility index (Phi) is 4.82. The fourth-order valence-electron chi connectivity index (χ4n) is 3.73. The predicted octanol–water partition coefficient (Wildman–Crippen LogP) is 4.85. The molecule has 1 fully saturated rings. The number of thiocarbonyl (C=S) groups is 1. The predicted molar refractivity (Wildman–Crippen MR) is 112 cm³/mol. The molecule has 2 aliphatic rings. The minimum Gasteiger partial charge on any atom is -0.486 e. The fraction of sp³-hybridized carbons (Fsp3) is 0.333. The minimum absolute atomic E-state index is 0.108. The minimum atomic E-state index is -0.441. The number of nitrogens with one attached hydrogen (secondary N) is 1. The van der Waals surface area contributed by atoms with Gasteiger partial charge < -0.3 is 15.0 Å². The molecule has 0 unspecified atom stereocenters. The van der Waals surface area contributed by atoms with Gasteiger partial charge in [0.05, 0.1) is 12.0 Å². The largest absolute Gasteiger partial charge is 0.486 e. The number of halogens is 1. The van der Waals surface area contributed by atoms with Crippen LogP contribution in [0.1, 0.15) is 35.2 Å². The van der Waals surface area contributed by atoms with E-state index in [0.29, 0.717) is 27.9 Å². The van der Waals surface area contributed by atoms with Crippen molar-refractivity contribution >= 4 is 40.4 Å². The lowest BCUT2D eigenvalue weighted by atomic mass is 9.82. The van der Waals surface area contributed by atoms with Crippen molar-refractivity contribution < 1.29 is 9.53 Å². The first-order chi connectivity index (χ1) is 13.0. The lowest BCUT2D eigenvalue weighted by molar-refractivity contribution is 0.00404. The van der Waals surface area contributed by atoms with Gasteiger partial charge in [0.25, 0.3) is 0 Å². The molecule has 0 saturated carbocycles. The highest BCUT2D eigenvalue weighted by Gasteiger charge is 2.43. The molecule has 0 bridgehead atoms. The van der Waals surface area contributed by atoms with E-state index in [0.717, 1.165) is 37.2 Å². The monoisotopic (exact) mass is 400 g/mol. The molecular weight excluding hydrogens is 380 g/mol. The van der Waals surface area contributed by atoms with Crippen LogP contribution in [-0.2, 0) is 0 Å². The summed E-state index contributed by atoms with van der Waals surface area (Å²) < 4.78 is 6.34. The van der Waals surface area contributed by atoms with Gasteiger partial charge in [-0.2, -0.15) is 0 Å². The molecule has 0 aliphatic carbocycles. The van der Waals surface area contributed by atoms with Crippen molar-refractivity contribution in [3.8, 4) is 5.75 Å². The average molecular weight is 401 g/mol. The standard InChI is InChI=1S/C21H21ClN2O2S/c1-14-11-19-16(12-17(14)22)18(25)13-21(26-19)7-9-24(10-8-21)20(27)23-15-5-3-2-4-6-15/h2-6,11-12H,7-10,13H2,1H3,(H,23,27). The van der Waals surface area contributed by atoms with Crippen LogP contribution in [0.15, 0.2) is 42.5 Å². The van der Waals surface area contributed by atoms with Crippen LogP contribution in [0.3, 0.4) is 0 Å². The van der Waals surface area contributed by atoms with E-state index in [1.54, 1.807) is 6.07 Å². The number of Topliss-reactive ketones (excluding diaryl/α,β-unsaturated/α-hetero) is 1. The molecule has 2 aromatic carbocycles. The zero-order valence-corrected chi connectivity index (χ0v) is 16.7. The smallest absolute Gasteiger partial charge is 0.173 e. The van der Waals surface area contributed by atoms with Gasteiger partial charge in [-0.3, -0.25) is 4.79 Å². The maximum Gasteiger partial charge on any atom is 0.173 e. The number of rotatable bonds is 1. The molecule has 1 N–H and O–H groups in total. The van der Waals surface area contributed by atoms with Gasteiger partial charge in [-0.05, 0) is 49.0 Å². The molecule has 0 radical (unpaired) electrons. The van der Waals surface area contributed by atoms with E-state index < -0.39 is 5.60 Å². The van der Waals surface area contributed by atoms with Crippen molar-refractivity contribution in [1.29, 1.82) is 0 Å². The first-order valence-electron chi connectivity index (χ1n) is 9.09. The van der Waals surface area contributed by atoms with Crippen molar-refractivity contribution in [3.63, 3.8) is 0 Å². The summed E-state index contributed by atoms with van der Waals surface area (Å²) in [6.07, 6.45) is 1.92. The second-order valence-corrected chi connectivity index (χ2v) is 8.06. The Hall–Kier alpha value is -2.11. The number of likely N-dealkylation sites (tertiary alicyclic amines) is 1. The highest BCUT2D eigenvalue weighted by atomic mass is 35.5. The number of nitrogens with zero attached hydrogens (tertiary/aromatic N) is 1. The maximum absolute atomic E-state index is 12.7. The topological polar surface area (TPSA) is 41.6 Å².